The van der Waals surface area contributed by atoms with Gasteiger partial charge in [-0.3, -0.25) is 9.69 Å². The molecular formula is C21H24N2O2. The van der Waals surface area contributed by atoms with E-state index in [1.165, 1.54) is 18.4 Å². The van der Waals surface area contributed by atoms with Crippen molar-refractivity contribution in [2.75, 3.05) is 24.5 Å². The van der Waals surface area contributed by atoms with Crippen LogP contribution in [0.2, 0.25) is 0 Å². The lowest BCUT2D eigenvalue weighted by molar-refractivity contribution is -0.122. The van der Waals surface area contributed by atoms with Crippen LogP contribution in [0.3, 0.4) is 0 Å². The molecule has 3 heterocycles. The third-order valence-corrected chi connectivity index (χ3v) is 6.03. The molecule has 1 spiro atoms. The Balaban J connectivity index is 1.43. The Morgan fingerprint density at radius 1 is 1.20 bits per heavy atom. The van der Waals surface area contributed by atoms with E-state index < -0.39 is 0 Å². The monoisotopic (exact) mass is 336 g/mol. The molecule has 1 aromatic carbocycles. The molecule has 1 amide bonds. The number of hydrogen-bond donors (Lipinski definition) is 0. The molecule has 25 heavy (non-hydrogen) atoms. The van der Waals surface area contributed by atoms with Gasteiger partial charge in [-0.15, -0.1) is 0 Å². The normalized spacial score (nSPS) is 26.0. The molecule has 4 nitrogen and oxygen atoms in total. The lowest BCUT2D eigenvalue weighted by atomic mass is 9.81. The first-order valence-corrected chi connectivity index (χ1v) is 9.35. The molecule has 1 saturated carbocycles. The van der Waals surface area contributed by atoms with Crippen molar-refractivity contribution < 1.29 is 9.21 Å². The second-order valence-electron chi connectivity index (χ2n) is 7.93. The molecule has 4 heteroatoms. The summed E-state index contributed by atoms with van der Waals surface area (Å²) in [5.41, 5.74) is 2.03. The lowest BCUT2D eigenvalue weighted by Crippen LogP contribution is -2.43. The van der Waals surface area contributed by atoms with Crippen LogP contribution in [0.5, 0.6) is 0 Å². The van der Waals surface area contributed by atoms with Crippen molar-refractivity contribution in [3.63, 3.8) is 0 Å². The van der Waals surface area contributed by atoms with Gasteiger partial charge in [-0.05, 0) is 55.9 Å². The zero-order valence-electron chi connectivity index (χ0n) is 14.7. The number of para-hydroxylation sites is 1. The fourth-order valence-electron chi connectivity index (χ4n) is 4.55. The quantitative estimate of drug-likeness (QED) is 0.857. The van der Waals surface area contributed by atoms with Gasteiger partial charge in [0.15, 0.2) is 0 Å². The molecule has 5 rings (SSSR count). The Morgan fingerprint density at radius 3 is 2.80 bits per heavy atom. The Bertz CT molecular complexity index is 823. The fraction of sp³-hybridized carbons (Fsp3) is 0.476. The van der Waals surface area contributed by atoms with Crippen molar-refractivity contribution >= 4 is 11.6 Å². The van der Waals surface area contributed by atoms with E-state index in [4.69, 9.17) is 4.42 Å². The summed E-state index contributed by atoms with van der Waals surface area (Å²) in [4.78, 5) is 17.9. The van der Waals surface area contributed by atoms with Gasteiger partial charge in [-0.25, -0.2) is 0 Å². The second kappa shape index (κ2) is 5.46. The molecular weight excluding hydrogens is 312 g/mol. The third kappa shape index (κ3) is 2.43. The van der Waals surface area contributed by atoms with E-state index in [0.29, 0.717) is 11.8 Å². The highest BCUT2D eigenvalue weighted by Gasteiger charge is 2.54. The van der Waals surface area contributed by atoms with E-state index in [2.05, 4.69) is 34.1 Å². The summed E-state index contributed by atoms with van der Waals surface area (Å²) in [5.74, 6) is 2.96. The van der Waals surface area contributed by atoms with E-state index in [1.54, 1.807) is 0 Å². The average molecular weight is 336 g/mol. The molecule has 0 radical (unpaired) electrons. The number of likely N-dealkylation sites (tertiary alicyclic amines) is 1. The summed E-state index contributed by atoms with van der Waals surface area (Å²) in [6, 6.07) is 12.5. The Morgan fingerprint density at radius 2 is 2.04 bits per heavy atom. The minimum Gasteiger partial charge on any atom is -0.465 e. The highest BCUT2D eigenvalue weighted by atomic mass is 16.3. The molecule has 1 saturated heterocycles. The van der Waals surface area contributed by atoms with Crippen LogP contribution in [-0.2, 0) is 16.8 Å². The molecule has 2 aromatic rings. The number of carbonyl (C=O) groups is 1. The van der Waals surface area contributed by atoms with Crippen molar-refractivity contribution in [1.82, 2.24) is 4.90 Å². The van der Waals surface area contributed by atoms with Crippen molar-refractivity contribution in [3.05, 3.63) is 53.5 Å². The minimum atomic E-state index is -0.354. The summed E-state index contributed by atoms with van der Waals surface area (Å²) in [6.45, 7) is 5.39. The Kier molecular flexibility index (Phi) is 3.32. The van der Waals surface area contributed by atoms with Crippen LogP contribution >= 0.6 is 0 Å². The number of fused-ring (bicyclic) bond motifs is 2. The van der Waals surface area contributed by atoms with Crippen LogP contribution in [0.25, 0.3) is 0 Å². The lowest BCUT2D eigenvalue weighted by Gasteiger charge is -2.24. The second-order valence-corrected chi connectivity index (χ2v) is 7.93. The van der Waals surface area contributed by atoms with Crippen LogP contribution in [-0.4, -0.2) is 30.4 Å². The maximum Gasteiger partial charge on any atom is 0.239 e. The number of carbonyl (C=O) groups excluding carboxylic acids is 1. The zero-order valence-corrected chi connectivity index (χ0v) is 14.7. The minimum absolute atomic E-state index is 0.318. The molecule has 1 atom stereocenters. The highest BCUT2D eigenvalue weighted by Crippen LogP contribution is 2.48. The Hall–Kier alpha value is -2.07. The van der Waals surface area contributed by atoms with E-state index in [1.807, 2.05) is 19.1 Å². The van der Waals surface area contributed by atoms with Gasteiger partial charge in [-0.2, -0.15) is 0 Å². The van der Waals surface area contributed by atoms with Gasteiger partial charge in [0.25, 0.3) is 0 Å². The summed E-state index contributed by atoms with van der Waals surface area (Å²) < 4.78 is 5.74. The first-order chi connectivity index (χ1) is 12.2. The number of hydrogen-bond acceptors (Lipinski definition) is 3. The molecule has 2 fully saturated rings. The topological polar surface area (TPSA) is 36.7 Å². The maximum absolute atomic E-state index is 13.4. The summed E-state index contributed by atoms with van der Waals surface area (Å²) >= 11 is 0. The largest absolute Gasteiger partial charge is 0.465 e. The van der Waals surface area contributed by atoms with Gasteiger partial charge >= 0.3 is 0 Å². The number of furan rings is 1. The molecule has 0 bridgehead atoms. The predicted octanol–water partition coefficient (Wildman–Crippen LogP) is 3.49. The number of benzene rings is 1. The molecule has 0 unspecified atom stereocenters. The SMILES string of the molecule is Cc1ccc(CN2CC[C@]3(C2)C(=O)N(CC2CC2)c2ccccc23)o1. The van der Waals surface area contributed by atoms with Gasteiger partial charge in [0, 0.05) is 25.3 Å². The number of rotatable bonds is 4. The van der Waals surface area contributed by atoms with E-state index >= 15 is 0 Å². The van der Waals surface area contributed by atoms with Crippen molar-refractivity contribution in [2.45, 2.75) is 38.1 Å². The maximum atomic E-state index is 13.4. The van der Waals surface area contributed by atoms with Crippen molar-refractivity contribution in [1.29, 1.82) is 0 Å². The predicted molar refractivity (Wildman–Crippen MR) is 96.5 cm³/mol. The number of amides is 1. The van der Waals surface area contributed by atoms with Gasteiger partial charge in [0.2, 0.25) is 5.91 Å². The van der Waals surface area contributed by atoms with Crippen LogP contribution in [0.15, 0.2) is 40.8 Å². The van der Waals surface area contributed by atoms with Crippen LogP contribution in [0, 0.1) is 12.8 Å². The molecule has 130 valence electrons. The van der Waals surface area contributed by atoms with Gasteiger partial charge in [0.05, 0.1) is 12.0 Å². The van der Waals surface area contributed by atoms with Gasteiger partial charge in [-0.1, -0.05) is 18.2 Å². The third-order valence-electron chi connectivity index (χ3n) is 6.03. The molecule has 0 N–H and O–H groups in total. The molecule has 1 aromatic heterocycles. The van der Waals surface area contributed by atoms with E-state index in [-0.39, 0.29) is 5.41 Å². The van der Waals surface area contributed by atoms with E-state index in [9.17, 15) is 4.79 Å². The van der Waals surface area contributed by atoms with E-state index in [0.717, 1.165) is 49.8 Å². The number of anilines is 1. The van der Waals surface area contributed by atoms with Gasteiger partial charge < -0.3 is 9.32 Å². The van der Waals surface area contributed by atoms with Crippen LogP contribution < -0.4 is 4.90 Å². The standard InChI is InChI=1S/C21H24N2O2/c1-15-6-9-17(25-15)13-22-11-10-21(14-22)18-4-2-3-5-19(18)23(20(21)24)12-16-7-8-16/h2-6,9,16H,7-8,10-14H2,1H3/t21-/m1/s1. The molecule has 1 aliphatic carbocycles. The number of aryl methyl sites for hydroxylation is 1. The average Bonchev–Trinajstić information content (AvgIpc) is 3.12. The molecule has 3 aliphatic rings. The summed E-state index contributed by atoms with van der Waals surface area (Å²) in [5, 5.41) is 0. The van der Waals surface area contributed by atoms with Crippen molar-refractivity contribution in [2.24, 2.45) is 5.92 Å². The zero-order chi connectivity index (χ0) is 17.0. The summed E-state index contributed by atoms with van der Waals surface area (Å²) in [7, 11) is 0. The van der Waals surface area contributed by atoms with Crippen molar-refractivity contribution in [3.8, 4) is 0 Å². The molecule has 2 aliphatic heterocycles. The first kappa shape index (κ1) is 15.2. The summed E-state index contributed by atoms with van der Waals surface area (Å²) in [6.07, 6.45) is 3.44. The van der Waals surface area contributed by atoms with Crippen LogP contribution in [0.4, 0.5) is 5.69 Å². The Labute approximate surface area is 148 Å². The van der Waals surface area contributed by atoms with Crippen LogP contribution in [0.1, 0.15) is 36.3 Å². The highest BCUT2D eigenvalue weighted by molar-refractivity contribution is 6.08. The first-order valence-electron chi connectivity index (χ1n) is 9.35. The smallest absolute Gasteiger partial charge is 0.239 e. The van der Waals surface area contributed by atoms with Gasteiger partial charge in [0.1, 0.15) is 11.5 Å². The fourth-order valence-corrected chi connectivity index (χ4v) is 4.55. The number of nitrogens with zero attached hydrogens (tertiary/aromatic N) is 2.